The third kappa shape index (κ3) is 4.53. The van der Waals surface area contributed by atoms with Gasteiger partial charge >= 0.3 is 6.03 Å². The summed E-state index contributed by atoms with van der Waals surface area (Å²) >= 11 is 5.87. The number of imide groups is 1. The summed E-state index contributed by atoms with van der Waals surface area (Å²) in [6, 6.07) is 4.17. The number of fused-ring (bicyclic) bond motifs is 1. The van der Waals surface area contributed by atoms with Gasteiger partial charge in [0.2, 0.25) is 5.91 Å². The molecule has 2 aromatic rings. The molecule has 0 unspecified atom stereocenters. The van der Waals surface area contributed by atoms with E-state index in [1.807, 2.05) is 13.8 Å². The number of urea groups is 1. The van der Waals surface area contributed by atoms with Crippen molar-refractivity contribution in [3.05, 3.63) is 39.9 Å². The average molecular weight is 337 g/mol. The van der Waals surface area contributed by atoms with Crippen LogP contribution in [0, 0.1) is 5.92 Å². The first-order valence-electron chi connectivity index (χ1n) is 7.09. The van der Waals surface area contributed by atoms with Crippen molar-refractivity contribution < 1.29 is 9.59 Å². The van der Waals surface area contributed by atoms with E-state index in [4.69, 9.17) is 11.6 Å². The van der Waals surface area contributed by atoms with Crippen LogP contribution in [-0.4, -0.2) is 28.0 Å². The summed E-state index contributed by atoms with van der Waals surface area (Å²) in [4.78, 5) is 39.8. The first-order chi connectivity index (χ1) is 10.9. The van der Waals surface area contributed by atoms with Crippen molar-refractivity contribution in [3.63, 3.8) is 0 Å². The second-order valence-corrected chi connectivity index (χ2v) is 5.93. The smallest absolute Gasteiger partial charge is 0.321 e. The monoisotopic (exact) mass is 336 g/mol. The van der Waals surface area contributed by atoms with Gasteiger partial charge in [-0.2, -0.15) is 0 Å². The van der Waals surface area contributed by atoms with Crippen LogP contribution in [0.25, 0.3) is 10.9 Å². The second kappa shape index (κ2) is 7.23. The van der Waals surface area contributed by atoms with E-state index in [2.05, 4.69) is 15.6 Å². The first-order valence-corrected chi connectivity index (χ1v) is 7.47. The summed E-state index contributed by atoms with van der Waals surface area (Å²) in [6.45, 7) is 4.03. The third-order valence-corrected chi connectivity index (χ3v) is 3.26. The van der Waals surface area contributed by atoms with Gasteiger partial charge in [-0.25, -0.2) is 9.78 Å². The molecule has 1 heterocycles. The van der Waals surface area contributed by atoms with E-state index in [9.17, 15) is 14.4 Å². The molecule has 2 rings (SSSR count). The van der Waals surface area contributed by atoms with Gasteiger partial charge in [0.25, 0.3) is 5.56 Å². The lowest BCUT2D eigenvalue weighted by Gasteiger charge is -2.09. The molecule has 122 valence electrons. The van der Waals surface area contributed by atoms with E-state index < -0.39 is 17.5 Å². The molecule has 8 heteroatoms. The van der Waals surface area contributed by atoms with E-state index >= 15 is 0 Å². The zero-order valence-electron chi connectivity index (χ0n) is 12.8. The summed E-state index contributed by atoms with van der Waals surface area (Å²) in [5.41, 5.74) is 0.0981. The number of amides is 3. The van der Waals surface area contributed by atoms with E-state index in [0.717, 1.165) is 4.57 Å². The summed E-state index contributed by atoms with van der Waals surface area (Å²) in [7, 11) is 0. The maximum absolute atomic E-state index is 12.3. The van der Waals surface area contributed by atoms with E-state index in [-0.39, 0.29) is 12.5 Å². The second-order valence-electron chi connectivity index (χ2n) is 5.49. The maximum Gasteiger partial charge on any atom is 0.321 e. The first kappa shape index (κ1) is 17.0. The Morgan fingerprint density at radius 1 is 1.35 bits per heavy atom. The number of hydrogen-bond acceptors (Lipinski definition) is 4. The molecule has 7 nitrogen and oxygen atoms in total. The molecule has 2 N–H and O–H groups in total. The SMILES string of the molecule is CC(C)CNC(=O)NC(=O)Cn1cnc2ccc(Cl)cc2c1=O. The van der Waals surface area contributed by atoms with E-state index in [1.54, 1.807) is 12.1 Å². The van der Waals surface area contributed by atoms with Crippen molar-refractivity contribution in [1.29, 1.82) is 0 Å². The Labute approximate surface area is 137 Å². The molecule has 0 aliphatic carbocycles. The van der Waals surface area contributed by atoms with Gasteiger partial charge in [-0.15, -0.1) is 0 Å². The summed E-state index contributed by atoms with van der Waals surface area (Å²) < 4.78 is 1.13. The average Bonchev–Trinajstić information content (AvgIpc) is 2.48. The molecule has 0 saturated heterocycles. The van der Waals surface area contributed by atoms with Gasteiger partial charge in [-0.3, -0.25) is 19.5 Å². The normalized spacial score (nSPS) is 10.8. The lowest BCUT2D eigenvalue weighted by Crippen LogP contribution is -2.43. The summed E-state index contributed by atoms with van der Waals surface area (Å²) in [5.74, 6) is -0.329. The van der Waals surface area contributed by atoms with Gasteiger partial charge in [-0.1, -0.05) is 25.4 Å². The number of carbonyl (C=O) groups is 2. The van der Waals surface area contributed by atoms with Crippen LogP contribution in [0.15, 0.2) is 29.3 Å². The molecule has 1 aromatic heterocycles. The van der Waals surface area contributed by atoms with Crippen molar-refractivity contribution in [2.24, 2.45) is 5.92 Å². The molecule has 0 aliphatic heterocycles. The Balaban J connectivity index is 2.09. The lowest BCUT2D eigenvalue weighted by atomic mass is 10.2. The Bertz CT molecular complexity index is 801. The van der Waals surface area contributed by atoms with Gasteiger partial charge in [0.1, 0.15) is 6.54 Å². The molecule has 0 atom stereocenters. The Morgan fingerprint density at radius 2 is 2.09 bits per heavy atom. The molecule has 0 fully saturated rings. The zero-order valence-corrected chi connectivity index (χ0v) is 13.6. The number of rotatable bonds is 4. The van der Waals surface area contributed by atoms with Crippen LogP contribution in [-0.2, 0) is 11.3 Å². The summed E-state index contributed by atoms with van der Waals surface area (Å²) in [6.07, 6.45) is 1.27. The molecule has 0 radical (unpaired) electrons. The highest BCUT2D eigenvalue weighted by Gasteiger charge is 2.11. The van der Waals surface area contributed by atoms with E-state index in [1.165, 1.54) is 12.4 Å². The minimum atomic E-state index is -0.600. The minimum Gasteiger partial charge on any atom is -0.338 e. The van der Waals surface area contributed by atoms with E-state index in [0.29, 0.717) is 22.5 Å². The minimum absolute atomic E-state index is 0.271. The fraction of sp³-hybridized carbons (Fsp3) is 0.333. The standard InChI is InChI=1S/C15H17ClN4O3/c1-9(2)6-17-15(23)19-13(21)7-20-8-18-12-4-3-10(16)5-11(12)14(20)22/h3-5,8-9H,6-7H2,1-2H3,(H2,17,19,21,23). The Morgan fingerprint density at radius 3 is 2.78 bits per heavy atom. The molecule has 23 heavy (non-hydrogen) atoms. The van der Waals surface area contributed by atoms with Gasteiger partial charge in [0.05, 0.1) is 17.2 Å². The molecule has 0 spiro atoms. The number of nitrogens with one attached hydrogen (secondary N) is 2. The Kier molecular flexibility index (Phi) is 5.33. The molecule has 0 bridgehead atoms. The molecule has 0 aliphatic rings. The number of benzene rings is 1. The molecule has 3 amide bonds. The number of nitrogens with zero attached hydrogens (tertiary/aromatic N) is 2. The highest BCUT2D eigenvalue weighted by atomic mass is 35.5. The van der Waals surface area contributed by atoms with Crippen molar-refractivity contribution >= 4 is 34.4 Å². The zero-order chi connectivity index (χ0) is 17.0. The molecule has 1 aromatic carbocycles. The third-order valence-electron chi connectivity index (χ3n) is 3.02. The topological polar surface area (TPSA) is 93.1 Å². The Hall–Kier alpha value is -2.41. The molecular weight excluding hydrogens is 320 g/mol. The fourth-order valence-corrected chi connectivity index (χ4v) is 2.08. The predicted octanol–water partition coefficient (Wildman–Crippen LogP) is 1.53. The van der Waals surface area contributed by atoms with Crippen LogP contribution in [0.2, 0.25) is 5.02 Å². The van der Waals surface area contributed by atoms with Gasteiger partial charge in [0, 0.05) is 11.6 Å². The maximum atomic E-state index is 12.3. The number of halogens is 1. The highest BCUT2D eigenvalue weighted by Crippen LogP contribution is 2.13. The number of aromatic nitrogens is 2. The van der Waals surface area contributed by atoms with Crippen LogP contribution < -0.4 is 16.2 Å². The van der Waals surface area contributed by atoms with Crippen molar-refractivity contribution in [1.82, 2.24) is 20.2 Å². The van der Waals surface area contributed by atoms with Crippen LogP contribution >= 0.6 is 11.6 Å². The lowest BCUT2D eigenvalue weighted by molar-refractivity contribution is -0.120. The largest absolute Gasteiger partial charge is 0.338 e. The highest BCUT2D eigenvalue weighted by molar-refractivity contribution is 6.31. The number of carbonyl (C=O) groups excluding carboxylic acids is 2. The summed E-state index contributed by atoms with van der Waals surface area (Å²) in [5, 5.41) is 5.45. The van der Waals surface area contributed by atoms with Crippen molar-refractivity contribution in [3.8, 4) is 0 Å². The predicted molar refractivity (Wildman–Crippen MR) is 87.4 cm³/mol. The quantitative estimate of drug-likeness (QED) is 0.885. The van der Waals surface area contributed by atoms with Crippen LogP contribution in [0.5, 0.6) is 0 Å². The van der Waals surface area contributed by atoms with Crippen LogP contribution in [0.1, 0.15) is 13.8 Å². The van der Waals surface area contributed by atoms with Gasteiger partial charge in [-0.05, 0) is 24.1 Å². The molecule has 0 saturated carbocycles. The van der Waals surface area contributed by atoms with Crippen LogP contribution in [0.4, 0.5) is 4.79 Å². The fourth-order valence-electron chi connectivity index (χ4n) is 1.91. The van der Waals surface area contributed by atoms with Crippen molar-refractivity contribution in [2.75, 3.05) is 6.54 Å². The molecular formula is C15H17ClN4O3. The van der Waals surface area contributed by atoms with Gasteiger partial charge in [0.15, 0.2) is 0 Å². The van der Waals surface area contributed by atoms with Crippen molar-refractivity contribution in [2.45, 2.75) is 20.4 Å². The van der Waals surface area contributed by atoms with Gasteiger partial charge < -0.3 is 5.32 Å². The number of hydrogen-bond donors (Lipinski definition) is 2. The van der Waals surface area contributed by atoms with Crippen LogP contribution in [0.3, 0.4) is 0 Å².